The van der Waals surface area contributed by atoms with E-state index in [-0.39, 0.29) is 24.5 Å². The summed E-state index contributed by atoms with van der Waals surface area (Å²) in [5, 5.41) is 3.35. The molecule has 0 radical (unpaired) electrons. The molecule has 2 unspecified atom stereocenters. The lowest BCUT2D eigenvalue weighted by molar-refractivity contribution is 0.325. The molecule has 0 saturated carbocycles. The molecule has 1 N–H and O–H groups in total. The zero-order valence-corrected chi connectivity index (χ0v) is 15.8. The number of fused-ring (bicyclic) bond motifs is 3. The van der Waals surface area contributed by atoms with Crippen molar-refractivity contribution in [2.45, 2.75) is 42.7 Å². The van der Waals surface area contributed by atoms with Crippen LogP contribution >= 0.6 is 28.3 Å². The number of nitrogens with one attached hydrogen (secondary N) is 1. The molecule has 5 nitrogen and oxygen atoms in total. The van der Waals surface area contributed by atoms with Gasteiger partial charge in [-0.15, -0.1) is 12.4 Å². The van der Waals surface area contributed by atoms with Crippen LogP contribution in [-0.2, 0) is 16.4 Å². The van der Waals surface area contributed by atoms with Gasteiger partial charge in [0.25, 0.3) is 0 Å². The van der Waals surface area contributed by atoms with Gasteiger partial charge in [-0.05, 0) is 37.9 Å². The highest BCUT2D eigenvalue weighted by Gasteiger charge is 2.44. The second kappa shape index (κ2) is 6.52. The summed E-state index contributed by atoms with van der Waals surface area (Å²) in [6, 6.07) is 3.83. The molecule has 3 aliphatic rings. The number of halogens is 2. The van der Waals surface area contributed by atoms with Crippen molar-refractivity contribution in [3.63, 3.8) is 0 Å². The van der Waals surface area contributed by atoms with Gasteiger partial charge in [-0.2, -0.15) is 4.31 Å². The molecule has 0 spiro atoms. The van der Waals surface area contributed by atoms with Gasteiger partial charge >= 0.3 is 0 Å². The quantitative estimate of drug-likeness (QED) is 0.793. The Kier molecular flexibility index (Phi) is 4.95. The average molecular weight is 424 g/mol. The maximum Gasteiger partial charge on any atom is 0.247 e. The van der Waals surface area contributed by atoms with E-state index in [2.05, 4.69) is 21.2 Å². The number of nitrogens with zero attached hydrogens (tertiary/aromatic N) is 1. The molecule has 2 bridgehead atoms. The molecule has 2 atom stereocenters. The van der Waals surface area contributed by atoms with Crippen LogP contribution in [-0.4, -0.2) is 44.5 Å². The first-order valence-corrected chi connectivity index (χ1v) is 10.00. The van der Waals surface area contributed by atoms with Gasteiger partial charge in [-0.3, -0.25) is 0 Å². The number of hydrogen-bond donors (Lipinski definition) is 1. The van der Waals surface area contributed by atoms with Crippen molar-refractivity contribution in [3.05, 3.63) is 22.2 Å². The van der Waals surface area contributed by atoms with E-state index in [1.807, 2.05) is 6.07 Å². The molecule has 0 aromatic heterocycles. The summed E-state index contributed by atoms with van der Waals surface area (Å²) in [5.41, 5.74) is 0.980. The van der Waals surface area contributed by atoms with Crippen LogP contribution < -0.4 is 10.1 Å². The topological polar surface area (TPSA) is 58.6 Å². The maximum absolute atomic E-state index is 13.3. The van der Waals surface area contributed by atoms with E-state index in [4.69, 9.17) is 4.74 Å². The molecule has 128 valence electrons. The Morgan fingerprint density at radius 1 is 1.22 bits per heavy atom. The first-order valence-electron chi connectivity index (χ1n) is 7.77. The maximum atomic E-state index is 13.3. The molecule has 1 aromatic rings. The summed E-state index contributed by atoms with van der Waals surface area (Å²) in [4.78, 5) is 0.327. The van der Waals surface area contributed by atoms with Crippen LogP contribution in [0.25, 0.3) is 0 Å². The van der Waals surface area contributed by atoms with E-state index >= 15 is 0 Å². The van der Waals surface area contributed by atoms with Gasteiger partial charge in [0, 0.05) is 35.1 Å². The van der Waals surface area contributed by atoms with E-state index in [1.54, 1.807) is 10.4 Å². The molecule has 3 aliphatic heterocycles. The van der Waals surface area contributed by atoms with Crippen LogP contribution in [0.1, 0.15) is 24.8 Å². The first-order chi connectivity index (χ1) is 10.6. The third-order valence-corrected chi connectivity index (χ3v) is 7.33. The minimum absolute atomic E-state index is 0. The molecule has 0 amide bonds. The lowest BCUT2D eigenvalue weighted by atomic mass is 10.1. The van der Waals surface area contributed by atoms with Crippen LogP contribution in [0, 0.1) is 0 Å². The summed E-state index contributed by atoms with van der Waals surface area (Å²) in [6.45, 7) is 2.19. The number of hydrogen-bond acceptors (Lipinski definition) is 4. The second-order valence-corrected chi connectivity index (χ2v) is 8.93. The monoisotopic (exact) mass is 422 g/mol. The lowest BCUT2D eigenvalue weighted by Gasteiger charge is -2.27. The zero-order chi connectivity index (χ0) is 15.3. The van der Waals surface area contributed by atoms with Crippen molar-refractivity contribution >= 4 is 38.4 Å². The second-order valence-electron chi connectivity index (χ2n) is 6.20. The Labute approximate surface area is 151 Å². The largest absolute Gasteiger partial charge is 0.492 e. The fraction of sp³-hybridized carbons (Fsp3) is 0.600. The molecular weight excluding hydrogens is 404 g/mol. The summed E-state index contributed by atoms with van der Waals surface area (Å²) < 4.78 is 34.8. The van der Waals surface area contributed by atoms with Crippen molar-refractivity contribution in [1.29, 1.82) is 0 Å². The Morgan fingerprint density at radius 3 is 2.83 bits per heavy atom. The Bertz CT molecular complexity index is 699. The van der Waals surface area contributed by atoms with Gasteiger partial charge in [-0.25, -0.2) is 8.42 Å². The molecule has 4 rings (SSSR count). The Balaban J connectivity index is 0.00000156. The van der Waals surface area contributed by atoms with Gasteiger partial charge in [-0.1, -0.05) is 15.9 Å². The van der Waals surface area contributed by atoms with Crippen LogP contribution in [0.15, 0.2) is 21.5 Å². The molecular formula is C15H20BrClN2O3S. The van der Waals surface area contributed by atoms with Crippen molar-refractivity contribution in [2.75, 3.05) is 19.7 Å². The minimum atomic E-state index is -3.53. The molecule has 23 heavy (non-hydrogen) atoms. The van der Waals surface area contributed by atoms with E-state index in [0.29, 0.717) is 17.3 Å². The van der Waals surface area contributed by atoms with E-state index in [9.17, 15) is 8.42 Å². The third kappa shape index (κ3) is 2.91. The molecule has 2 fully saturated rings. The van der Waals surface area contributed by atoms with Crippen molar-refractivity contribution in [1.82, 2.24) is 9.62 Å². The van der Waals surface area contributed by atoms with Crippen molar-refractivity contribution < 1.29 is 13.2 Å². The average Bonchev–Trinajstić information content (AvgIpc) is 3.01. The predicted octanol–water partition coefficient (Wildman–Crippen LogP) is 2.32. The van der Waals surface area contributed by atoms with Gasteiger partial charge in [0.05, 0.1) is 6.61 Å². The highest BCUT2D eigenvalue weighted by Crippen LogP contribution is 2.41. The van der Waals surface area contributed by atoms with Crippen LogP contribution in [0.5, 0.6) is 5.75 Å². The van der Waals surface area contributed by atoms with Crippen LogP contribution in [0.4, 0.5) is 0 Å². The fourth-order valence-electron chi connectivity index (χ4n) is 3.87. The highest BCUT2D eigenvalue weighted by molar-refractivity contribution is 9.10. The summed E-state index contributed by atoms with van der Waals surface area (Å²) >= 11 is 3.44. The summed E-state index contributed by atoms with van der Waals surface area (Å²) in [7, 11) is -3.53. The molecule has 2 saturated heterocycles. The Morgan fingerprint density at radius 2 is 2.00 bits per heavy atom. The van der Waals surface area contributed by atoms with Gasteiger partial charge in [0.15, 0.2) is 0 Å². The lowest BCUT2D eigenvalue weighted by Crippen LogP contribution is -2.42. The van der Waals surface area contributed by atoms with Crippen LogP contribution in [0.3, 0.4) is 0 Å². The van der Waals surface area contributed by atoms with E-state index < -0.39 is 10.0 Å². The minimum Gasteiger partial charge on any atom is -0.492 e. The van der Waals surface area contributed by atoms with E-state index in [0.717, 1.165) is 48.8 Å². The first kappa shape index (κ1) is 17.5. The molecule has 0 aliphatic carbocycles. The van der Waals surface area contributed by atoms with Gasteiger partial charge in [0.2, 0.25) is 10.0 Å². The number of benzene rings is 1. The number of sulfonamides is 1. The summed E-state index contributed by atoms with van der Waals surface area (Å²) in [5.74, 6) is 0.555. The predicted molar refractivity (Wildman–Crippen MR) is 93.9 cm³/mol. The Hall–Kier alpha value is -0.340. The smallest absolute Gasteiger partial charge is 0.247 e. The molecule has 3 heterocycles. The standard InChI is InChI=1S/C15H19BrN2O3S.ClH/c16-11-7-10-4-6-21-15(10)14(8-11)22(19,20)18-12-1-2-13(18)9-17-5-3-12;/h7-8,12-13,17H,1-6,9H2;1H. The number of ether oxygens (including phenoxy) is 1. The summed E-state index contributed by atoms with van der Waals surface area (Å²) in [6.07, 6.45) is 3.55. The molecule has 8 heteroatoms. The SMILES string of the molecule is Cl.O=S(=O)(c1cc(Br)cc2c1OCC2)N1C2CCNCC1CC2. The van der Waals surface area contributed by atoms with Crippen molar-refractivity contribution in [3.8, 4) is 5.75 Å². The van der Waals surface area contributed by atoms with Gasteiger partial charge < -0.3 is 10.1 Å². The zero-order valence-electron chi connectivity index (χ0n) is 12.6. The third-order valence-electron chi connectivity index (χ3n) is 4.86. The highest BCUT2D eigenvalue weighted by atomic mass is 79.9. The number of rotatable bonds is 2. The van der Waals surface area contributed by atoms with Crippen molar-refractivity contribution in [2.24, 2.45) is 0 Å². The fourth-order valence-corrected chi connectivity index (χ4v) is 6.63. The van der Waals surface area contributed by atoms with E-state index in [1.165, 1.54) is 0 Å². The van der Waals surface area contributed by atoms with Crippen LogP contribution in [0.2, 0.25) is 0 Å². The van der Waals surface area contributed by atoms with Gasteiger partial charge in [0.1, 0.15) is 10.6 Å². The molecule has 1 aromatic carbocycles. The normalized spacial score (nSPS) is 27.0.